The van der Waals surface area contributed by atoms with Gasteiger partial charge >= 0.3 is 6.61 Å². The fraction of sp³-hybridized carbons (Fsp3) is 0.462. The fourth-order valence-electron chi connectivity index (χ4n) is 2.40. The van der Waals surface area contributed by atoms with E-state index in [9.17, 15) is 18.7 Å². The Bertz CT molecular complexity index is 454. The fourth-order valence-corrected chi connectivity index (χ4v) is 2.40. The van der Waals surface area contributed by atoms with E-state index in [0.717, 1.165) is 31.7 Å². The molecule has 1 amide bonds. The van der Waals surface area contributed by atoms with Gasteiger partial charge in [-0.15, -0.1) is 0 Å². The SMILES string of the molecule is O=CN1CCCC[C@@H]1c1ccc(OC(F)F)cc1O. The summed E-state index contributed by atoms with van der Waals surface area (Å²) in [6, 6.07) is 3.85. The van der Waals surface area contributed by atoms with E-state index in [2.05, 4.69) is 4.74 Å². The molecule has 1 saturated heterocycles. The molecule has 0 radical (unpaired) electrons. The highest BCUT2D eigenvalue weighted by atomic mass is 19.3. The molecule has 4 nitrogen and oxygen atoms in total. The van der Waals surface area contributed by atoms with Crippen molar-refractivity contribution in [1.29, 1.82) is 0 Å². The molecule has 1 aliphatic heterocycles. The van der Waals surface area contributed by atoms with Crippen LogP contribution >= 0.6 is 0 Å². The molecule has 1 atom stereocenters. The second-order valence-electron chi connectivity index (χ2n) is 4.45. The van der Waals surface area contributed by atoms with Gasteiger partial charge in [0.1, 0.15) is 11.5 Å². The topological polar surface area (TPSA) is 49.8 Å². The van der Waals surface area contributed by atoms with Crippen LogP contribution in [0.2, 0.25) is 0 Å². The second kappa shape index (κ2) is 5.86. The van der Waals surface area contributed by atoms with Crippen molar-refractivity contribution < 1.29 is 23.4 Å². The van der Waals surface area contributed by atoms with E-state index in [1.54, 1.807) is 4.90 Å². The summed E-state index contributed by atoms with van der Waals surface area (Å²) in [6.07, 6.45) is 3.40. The van der Waals surface area contributed by atoms with Crippen molar-refractivity contribution in [2.24, 2.45) is 0 Å². The summed E-state index contributed by atoms with van der Waals surface area (Å²) in [4.78, 5) is 12.6. The van der Waals surface area contributed by atoms with Crippen molar-refractivity contribution in [3.8, 4) is 11.5 Å². The summed E-state index contributed by atoms with van der Waals surface area (Å²) in [5, 5.41) is 9.90. The summed E-state index contributed by atoms with van der Waals surface area (Å²) in [6.45, 7) is -2.28. The summed E-state index contributed by atoms with van der Waals surface area (Å²) in [5.41, 5.74) is 0.563. The van der Waals surface area contributed by atoms with Gasteiger partial charge < -0.3 is 14.7 Å². The Morgan fingerprint density at radius 2 is 2.21 bits per heavy atom. The summed E-state index contributed by atoms with van der Waals surface area (Å²) in [7, 11) is 0. The number of alkyl halides is 2. The highest BCUT2D eigenvalue weighted by Gasteiger charge is 2.25. The number of hydrogen-bond acceptors (Lipinski definition) is 3. The van der Waals surface area contributed by atoms with E-state index in [1.807, 2.05) is 0 Å². The van der Waals surface area contributed by atoms with Gasteiger partial charge in [0.05, 0.1) is 6.04 Å². The van der Waals surface area contributed by atoms with Crippen LogP contribution in [0.5, 0.6) is 11.5 Å². The molecule has 1 heterocycles. The Labute approximate surface area is 109 Å². The van der Waals surface area contributed by atoms with E-state index in [4.69, 9.17) is 0 Å². The first-order valence-corrected chi connectivity index (χ1v) is 6.10. The van der Waals surface area contributed by atoms with Gasteiger partial charge in [-0.05, 0) is 31.4 Å². The largest absolute Gasteiger partial charge is 0.507 e. The standard InChI is InChI=1S/C13H15F2NO3/c14-13(15)19-9-4-5-10(12(18)7-9)11-3-1-2-6-16(11)8-17/h4-5,7-8,11,13,18H,1-3,6H2/t11-/m1/s1. The lowest BCUT2D eigenvalue weighted by atomic mass is 9.95. The van der Waals surface area contributed by atoms with Crippen LogP contribution < -0.4 is 4.74 Å². The molecule has 1 aromatic carbocycles. The number of phenolic OH excluding ortho intramolecular Hbond substituents is 1. The van der Waals surface area contributed by atoms with Gasteiger partial charge in [-0.25, -0.2) is 0 Å². The van der Waals surface area contributed by atoms with Gasteiger partial charge in [-0.2, -0.15) is 8.78 Å². The lowest BCUT2D eigenvalue weighted by molar-refractivity contribution is -0.121. The quantitative estimate of drug-likeness (QED) is 0.856. The minimum absolute atomic E-state index is 0.0929. The molecule has 0 saturated carbocycles. The number of likely N-dealkylation sites (tertiary alicyclic amines) is 1. The minimum Gasteiger partial charge on any atom is -0.507 e. The number of carbonyl (C=O) groups is 1. The van der Waals surface area contributed by atoms with Gasteiger partial charge in [-0.1, -0.05) is 0 Å². The van der Waals surface area contributed by atoms with Crippen LogP contribution in [0, 0.1) is 0 Å². The third-order valence-corrected chi connectivity index (χ3v) is 3.27. The Kier molecular flexibility index (Phi) is 4.19. The molecule has 0 bridgehead atoms. The number of hydrogen-bond donors (Lipinski definition) is 1. The van der Waals surface area contributed by atoms with E-state index < -0.39 is 6.61 Å². The van der Waals surface area contributed by atoms with Crippen LogP contribution in [0.25, 0.3) is 0 Å². The van der Waals surface area contributed by atoms with Crippen molar-refractivity contribution in [2.45, 2.75) is 31.9 Å². The number of benzene rings is 1. The van der Waals surface area contributed by atoms with Crippen LogP contribution in [-0.2, 0) is 4.79 Å². The van der Waals surface area contributed by atoms with Crippen LogP contribution in [0.15, 0.2) is 18.2 Å². The zero-order valence-electron chi connectivity index (χ0n) is 10.3. The molecule has 19 heavy (non-hydrogen) atoms. The first-order chi connectivity index (χ1) is 9.11. The molecule has 0 spiro atoms. The van der Waals surface area contributed by atoms with E-state index in [-0.39, 0.29) is 17.5 Å². The molecule has 1 aromatic rings. The van der Waals surface area contributed by atoms with Gasteiger partial charge in [0, 0.05) is 18.2 Å². The molecule has 0 unspecified atom stereocenters. The van der Waals surface area contributed by atoms with Gasteiger partial charge in [0.25, 0.3) is 0 Å². The number of phenols is 1. The molecular formula is C13H15F2NO3. The van der Waals surface area contributed by atoms with Crippen LogP contribution in [-0.4, -0.2) is 29.6 Å². The lowest BCUT2D eigenvalue weighted by Gasteiger charge is -2.33. The first-order valence-electron chi connectivity index (χ1n) is 6.10. The lowest BCUT2D eigenvalue weighted by Crippen LogP contribution is -2.32. The smallest absolute Gasteiger partial charge is 0.387 e. The number of ether oxygens (including phenoxy) is 1. The van der Waals surface area contributed by atoms with Crippen molar-refractivity contribution in [1.82, 2.24) is 4.90 Å². The molecule has 1 N–H and O–H groups in total. The zero-order chi connectivity index (χ0) is 13.8. The number of rotatable bonds is 4. The van der Waals surface area contributed by atoms with E-state index in [0.29, 0.717) is 12.1 Å². The Morgan fingerprint density at radius 3 is 2.84 bits per heavy atom. The number of nitrogens with zero attached hydrogens (tertiary/aromatic N) is 1. The molecular weight excluding hydrogens is 256 g/mol. The molecule has 2 rings (SSSR count). The minimum atomic E-state index is -2.92. The molecule has 0 aliphatic carbocycles. The Balaban J connectivity index is 2.21. The van der Waals surface area contributed by atoms with E-state index >= 15 is 0 Å². The number of carbonyl (C=O) groups excluding carboxylic acids is 1. The normalized spacial score (nSPS) is 19.5. The maximum Gasteiger partial charge on any atom is 0.387 e. The average Bonchev–Trinajstić information content (AvgIpc) is 2.38. The van der Waals surface area contributed by atoms with Crippen molar-refractivity contribution in [2.75, 3.05) is 6.54 Å². The number of aromatic hydroxyl groups is 1. The van der Waals surface area contributed by atoms with E-state index in [1.165, 1.54) is 12.1 Å². The predicted molar refractivity (Wildman–Crippen MR) is 64.1 cm³/mol. The van der Waals surface area contributed by atoms with Gasteiger partial charge in [-0.3, -0.25) is 4.79 Å². The number of piperidine rings is 1. The highest BCUT2D eigenvalue weighted by molar-refractivity contribution is 5.51. The maximum atomic E-state index is 12.1. The third-order valence-electron chi connectivity index (χ3n) is 3.27. The third kappa shape index (κ3) is 3.13. The molecule has 0 aromatic heterocycles. The second-order valence-corrected chi connectivity index (χ2v) is 4.45. The van der Waals surface area contributed by atoms with Gasteiger partial charge in [0.15, 0.2) is 0 Å². The summed E-state index contributed by atoms with van der Waals surface area (Å²) < 4.78 is 28.3. The Morgan fingerprint density at radius 1 is 1.42 bits per heavy atom. The number of amides is 1. The number of halogens is 2. The monoisotopic (exact) mass is 271 g/mol. The molecule has 1 aliphatic rings. The first kappa shape index (κ1) is 13.6. The van der Waals surface area contributed by atoms with Crippen molar-refractivity contribution in [3.63, 3.8) is 0 Å². The molecule has 6 heteroatoms. The summed E-state index contributed by atoms with van der Waals surface area (Å²) >= 11 is 0. The molecule has 104 valence electrons. The van der Waals surface area contributed by atoms with Crippen molar-refractivity contribution >= 4 is 6.41 Å². The predicted octanol–water partition coefficient (Wildman–Crippen LogP) is 2.68. The highest BCUT2D eigenvalue weighted by Crippen LogP contribution is 2.36. The molecule has 1 fully saturated rings. The average molecular weight is 271 g/mol. The van der Waals surface area contributed by atoms with Crippen LogP contribution in [0.1, 0.15) is 30.9 Å². The van der Waals surface area contributed by atoms with Crippen molar-refractivity contribution in [3.05, 3.63) is 23.8 Å². The van der Waals surface area contributed by atoms with Gasteiger partial charge in [0.2, 0.25) is 6.41 Å². The van der Waals surface area contributed by atoms with Crippen LogP contribution in [0.4, 0.5) is 8.78 Å². The summed E-state index contributed by atoms with van der Waals surface area (Å²) in [5.74, 6) is -0.221. The maximum absolute atomic E-state index is 12.1. The van der Waals surface area contributed by atoms with Crippen LogP contribution in [0.3, 0.4) is 0 Å². The zero-order valence-corrected chi connectivity index (χ0v) is 10.3. The Hall–Kier alpha value is -1.85.